The van der Waals surface area contributed by atoms with Crippen LogP contribution in [-0.4, -0.2) is 5.21 Å². The molecule has 1 aromatic rings. The molecular weight excluding hydrogens is 138 g/mol. The van der Waals surface area contributed by atoms with E-state index in [1.54, 1.807) is 0 Å². The highest BCUT2D eigenvalue weighted by Gasteiger charge is 1.89. The fourth-order valence-corrected chi connectivity index (χ4v) is 0.698. The number of hydrogen-bond acceptors (Lipinski definition) is 2. The molecule has 0 heterocycles. The van der Waals surface area contributed by atoms with Gasteiger partial charge in [0.15, 0.2) is 0 Å². The zero-order valence-electron chi connectivity index (χ0n) is 7.26. The highest BCUT2D eigenvalue weighted by Crippen LogP contribution is 2.10. The molecule has 2 heteroatoms. The van der Waals surface area contributed by atoms with E-state index in [1.165, 1.54) is 0 Å². The predicted octanol–water partition coefficient (Wildman–Crippen LogP) is 2.82. The zero-order valence-corrected chi connectivity index (χ0v) is 7.26. The van der Waals surface area contributed by atoms with Crippen molar-refractivity contribution in [2.45, 2.75) is 20.8 Å². The van der Waals surface area contributed by atoms with E-state index < -0.39 is 0 Å². The molecule has 0 atom stereocenters. The Bertz CT molecular complexity index is 199. The smallest absolute Gasteiger partial charge is 0.0631 e. The third-order valence-electron chi connectivity index (χ3n) is 1.27. The molecule has 11 heavy (non-hydrogen) atoms. The molecule has 0 amide bonds. The number of aryl methyl sites for hydroxylation is 1. The first-order valence-corrected chi connectivity index (χ1v) is 3.80. The van der Waals surface area contributed by atoms with E-state index in [4.69, 9.17) is 5.21 Å². The second kappa shape index (κ2) is 5.74. The number of anilines is 1. The quantitative estimate of drug-likeness (QED) is 0.608. The highest BCUT2D eigenvalue weighted by atomic mass is 16.5. The van der Waals surface area contributed by atoms with Crippen LogP contribution < -0.4 is 5.48 Å². The first-order chi connectivity index (χ1) is 5.34. The van der Waals surface area contributed by atoms with Crippen molar-refractivity contribution in [3.8, 4) is 0 Å². The van der Waals surface area contributed by atoms with Crippen LogP contribution in [0.4, 0.5) is 5.69 Å². The Morgan fingerprint density at radius 1 is 1.18 bits per heavy atom. The van der Waals surface area contributed by atoms with Gasteiger partial charge in [-0.05, 0) is 18.6 Å². The number of nitrogens with one attached hydrogen (secondary N) is 1. The largest absolute Gasteiger partial charge is 0.291 e. The molecule has 0 unspecified atom stereocenters. The summed E-state index contributed by atoms with van der Waals surface area (Å²) in [4.78, 5) is 0. The topological polar surface area (TPSA) is 32.3 Å². The Hall–Kier alpha value is -1.02. The lowest BCUT2D eigenvalue weighted by atomic mass is 10.2. The van der Waals surface area contributed by atoms with Crippen molar-refractivity contribution in [1.82, 2.24) is 0 Å². The minimum Gasteiger partial charge on any atom is -0.291 e. The van der Waals surface area contributed by atoms with Gasteiger partial charge in [-0.25, -0.2) is 0 Å². The van der Waals surface area contributed by atoms with Crippen LogP contribution in [0.3, 0.4) is 0 Å². The van der Waals surface area contributed by atoms with Crippen molar-refractivity contribution in [2.24, 2.45) is 0 Å². The van der Waals surface area contributed by atoms with Gasteiger partial charge in [-0.1, -0.05) is 32.0 Å². The molecule has 0 aliphatic rings. The molecule has 0 radical (unpaired) electrons. The van der Waals surface area contributed by atoms with Crippen molar-refractivity contribution < 1.29 is 5.21 Å². The molecule has 0 aliphatic heterocycles. The van der Waals surface area contributed by atoms with Crippen LogP contribution in [0.15, 0.2) is 24.3 Å². The van der Waals surface area contributed by atoms with Crippen molar-refractivity contribution in [3.63, 3.8) is 0 Å². The first-order valence-electron chi connectivity index (χ1n) is 3.80. The van der Waals surface area contributed by atoms with Gasteiger partial charge in [-0.2, -0.15) is 0 Å². The van der Waals surface area contributed by atoms with Gasteiger partial charge in [-0.15, -0.1) is 0 Å². The summed E-state index contributed by atoms with van der Waals surface area (Å²) < 4.78 is 0. The lowest BCUT2D eigenvalue weighted by Gasteiger charge is -1.99. The van der Waals surface area contributed by atoms with E-state index in [0.29, 0.717) is 0 Å². The summed E-state index contributed by atoms with van der Waals surface area (Å²) in [5.41, 5.74) is 3.90. The maximum atomic E-state index is 8.47. The van der Waals surface area contributed by atoms with E-state index in [-0.39, 0.29) is 0 Å². The van der Waals surface area contributed by atoms with Gasteiger partial charge in [0, 0.05) is 0 Å². The number of benzene rings is 1. The number of rotatable bonds is 1. The zero-order chi connectivity index (χ0) is 8.69. The molecule has 62 valence electrons. The van der Waals surface area contributed by atoms with Crippen LogP contribution in [0.2, 0.25) is 0 Å². The molecule has 2 nitrogen and oxygen atoms in total. The van der Waals surface area contributed by atoms with Crippen LogP contribution in [0, 0.1) is 6.92 Å². The molecule has 1 rings (SSSR count). The van der Waals surface area contributed by atoms with Gasteiger partial charge in [0.25, 0.3) is 0 Å². The molecule has 0 fully saturated rings. The van der Waals surface area contributed by atoms with Crippen LogP contribution in [0.1, 0.15) is 19.4 Å². The molecule has 0 aromatic heterocycles. The van der Waals surface area contributed by atoms with Gasteiger partial charge in [0.1, 0.15) is 0 Å². The normalized spacial score (nSPS) is 8.00. The SMILES string of the molecule is CC.Cc1ccccc1NO. The monoisotopic (exact) mass is 153 g/mol. The summed E-state index contributed by atoms with van der Waals surface area (Å²) in [5.74, 6) is 0. The summed E-state index contributed by atoms with van der Waals surface area (Å²) >= 11 is 0. The third-order valence-corrected chi connectivity index (χ3v) is 1.27. The van der Waals surface area contributed by atoms with Gasteiger partial charge in [0.05, 0.1) is 5.69 Å². The van der Waals surface area contributed by atoms with Crippen molar-refractivity contribution in [2.75, 3.05) is 5.48 Å². The number of hydrogen-bond donors (Lipinski definition) is 2. The average Bonchev–Trinajstić information content (AvgIpc) is 2.09. The lowest BCUT2D eigenvalue weighted by molar-refractivity contribution is 0.388. The second-order valence-corrected chi connectivity index (χ2v) is 1.93. The summed E-state index contributed by atoms with van der Waals surface area (Å²) in [5, 5.41) is 8.47. The maximum absolute atomic E-state index is 8.47. The van der Waals surface area contributed by atoms with Gasteiger partial charge in [-0.3, -0.25) is 10.7 Å². The second-order valence-electron chi connectivity index (χ2n) is 1.93. The minimum atomic E-state index is 0.762. The van der Waals surface area contributed by atoms with E-state index >= 15 is 0 Å². The molecular formula is C9H15NO. The molecule has 2 N–H and O–H groups in total. The molecule has 0 bridgehead atoms. The Balaban J connectivity index is 0.000000461. The summed E-state index contributed by atoms with van der Waals surface area (Å²) in [6.45, 7) is 5.93. The predicted molar refractivity (Wildman–Crippen MR) is 47.9 cm³/mol. The van der Waals surface area contributed by atoms with Crippen molar-refractivity contribution in [3.05, 3.63) is 29.8 Å². The van der Waals surface area contributed by atoms with E-state index in [2.05, 4.69) is 5.48 Å². The minimum absolute atomic E-state index is 0.762. The van der Waals surface area contributed by atoms with Crippen LogP contribution in [0.5, 0.6) is 0 Å². The maximum Gasteiger partial charge on any atom is 0.0631 e. The van der Waals surface area contributed by atoms with E-state index in [0.717, 1.165) is 11.3 Å². The van der Waals surface area contributed by atoms with E-state index in [1.807, 2.05) is 45.0 Å². The fourth-order valence-electron chi connectivity index (χ4n) is 0.698. The van der Waals surface area contributed by atoms with Crippen LogP contribution in [0.25, 0.3) is 0 Å². The molecule has 0 aliphatic carbocycles. The van der Waals surface area contributed by atoms with Crippen LogP contribution in [-0.2, 0) is 0 Å². The van der Waals surface area contributed by atoms with Gasteiger partial charge >= 0.3 is 0 Å². The lowest BCUT2D eigenvalue weighted by Crippen LogP contribution is -1.90. The Kier molecular flexibility index (Phi) is 5.21. The molecule has 0 saturated carbocycles. The molecule has 1 aromatic carbocycles. The highest BCUT2D eigenvalue weighted by molar-refractivity contribution is 5.47. The average molecular weight is 153 g/mol. The summed E-state index contributed by atoms with van der Waals surface area (Å²) in [6.07, 6.45) is 0. The Morgan fingerprint density at radius 3 is 2.09 bits per heavy atom. The first kappa shape index (κ1) is 9.98. The summed E-state index contributed by atoms with van der Waals surface area (Å²) in [7, 11) is 0. The fraction of sp³-hybridized carbons (Fsp3) is 0.333. The standard InChI is InChI=1S/C7H9NO.C2H6/c1-6-4-2-3-5-7(6)8-9;1-2/h2-5,8-9H,1H3;1-2H3. The van der Waals surface area contributed by atoms with Gasteiger partial charge in [0.2, 0.25) is 0 Å². The Labute approximate surface area is 67.8 Å². The third kappa shape index (κ3) is 3.05. The van der Waals surface area contributed by atoms with Crippen molar-refractivity contribution >= 4 is 5.69 Å². The molecule has 0 spiro atoms. The number of para-hydroxylation sites is 1. The molecule has 0 saturated heterocycles. The van der Waals surface area contributed by atoms with Crippen molar-refractivity contribution in [1.29, 1.82) is 0 Å². The Morgan fingerprint density at radius 2 is 1.73 bits per heavy atom. The van der Waals surface area contributed by atoms with Crippen LogP contribution >= 0.6 is 0 Å². The summed E-state index contributed by atoms with van der Waals surface area (Å²) in [6, 6.07) is 7.54. The van der Waals surface area contributed by atoms with Gasteiger partial charge < -0.3 is 0 Å². The van der Waals surface area contributed by atoms with E-state index in [9.17, 15) is 0 Å².